The zero-order valence-electron chi connectivity index (χ0n) is 11.3. The van der Waals surface area contributed by atoms with Crippen molar-refractivity contribution in [2.75, 3.05) is 32.9 Å². The molecule has 2 N–H and O–H groups in total. The van der Waals surface area contributed by atoms with Crippen LogP contribution in [-0.2, 0) is 10.0 Å². The smallest absolute Gasteiger partial charge is 0.246 e. The van der Waals surface area contributed by atoms with Crippen molar-refractivity contribution in [3.05, 3.63) is 23.8 Å². The minimum Gasteiger partial charge on any atom is -0.394 e. The summed E-state index contributed by atoms with van der Waals surface area (Å²) in [7, 11) is -0.273. The molecule has 5 nitrogen and oxygen atoms in total. The molecule has 1 fully saturated rings. The van der Waals surface area contributed by atoms with Gasteiger partial charge in [-0.3, -0.25) is 0 Å². The van der Waals surface area contributed by atoms with Gasteiger partial charge in [-0.2, -0.15) is 4.31 Å². The van der Waals surface area contributed by atoms with E-state index in [1.54, 1.807) is 0 Å². The summed E-state index contributed by atoms with van der Waals surface area (Å²) in [6.07, 6.45) is 0.671. The van der Waals surface area contributed by atoms with Gasteiger partial charge in [0.15, 0.2) is 5.82 Å². The summed E-state index contributed by atoms with van der Waals surface area (Å²) in [4.78, 5) is 1.35. The average Bonchev–Trinajstić information content (AvgIpc) is 2.86. The number of hydrogen-bond donors (Lipinski definition) is 1. The number of likely N-dealkylation sites (N-methyl/N-ethyl adjacent to an activating group) is 1. The predicted molar refractivity (Wildman–Crippen MR) is 71.6 cm³/mol. The van der Waals surface area contributed by atoms with E-state index < -0.39 is 32.2 Å². The third-order valence-electron chi connectivity index (χ3n) is 3.57. The van der Waals surface area contributed by atoms with Gasteiger partial charge < -0.3 is 10.6 Å². The first-order valence-electron chi connectivity index (χ1n) is 6.15. The second-order valence-electron chi connectivity index (χ2n) is 5.04. The Balaban J connectivity index is 2.35. The second kappa shape index (κ2) is 5.27. The Morgan fingerprint density at radius 3 is 2.55 bits per heavy atom. The van der Waals surface area contributed by atoms with Crippen LogP contribution in [0, 0.1) is 11.6 Å². The van der Waals surface area contributed by atoms with Crippen LogP contribution in [0.3, 0.4) is 0 Å². The fraction of sp³-hybridized carbons (Fsp3) is 0.500. The summed E-state index contributed by atoms with van der Waals surface area (Å²) >= 11 is 0. The van der Waals surface area contributed by atoms with Crippen molar-refractivity contribution in [3.63, 3.8) is 0 Å². The van der Waals surface area contributed by atoms with E-state index in [9.17, 15) is 17.2 Å². The van der Waals surface area contributed by atoms with Crippen molar-refractivity contribution in [1.82, 2.24) is 9.21 Å². The van der Waals surface area contributed by atoms with Crippen molar-refractivity contribution < 1.29 is 17.2 Å². The number of hydrogen-bond acceptors (Lipinski definition) is 4. The van der Waals surface area contributed by atoms with Crippen LogP contribution in [0.5, 0.6) is 0 Å². The fourth-order valence-corrected chi connectivity index (χ4v) is 3.81. The molecule has 1 aromatic rings. The summed E-state index contributed by atoms with van der Waals surface area (Å²) in [6, 6.07) is 1.87. The number of nitrogen functional groups attached to an aromatic ring is 1. The normalized spacial score (nSPS) is 20.8. The molecule has 2 rings (SSSR count). The van der Waals surface area contributed by atoms with Crippen LogP contribution in [0.15, 0.2) is 17.0 Å². The van der Waals surface area contributed by atoms with Crippen molar-refractivity contribution >= 4 is 15.7 Å². The third kappa shape index (κ3) is 2.50. The number of benzene rings is 1. The summed E-state index contributed by atoms with van der Waals surface area (Å²) in [6.45, 7) is 0.591. The average molecular weight is 305 g/mol. The van der Waals surface area contributed by atoms with Gasteiger partial charge in [-0.15, -0.1) is 0 Å². The molecule has 0 radical (unpaired) electrons. The molecule has 8 heteroatoms. The van der Waals surface area contributed by atoms with Crippen LogP contribution in [0.4, 0.5) is 14.5 Å². The maximum absolute atomic E-state index is 13.9. The topological polar surface area (TPSA) is 66.6 Å². The molecule has 1 aliphatic heterocycles. The SMILES string of the molecule is CN(C)C1CCN(S(=O)(=O)c2ccc(F)c(N)c2F)C1. The van der Waals surface area contributed by atoms with Gasteiger partial charge in [-0.25, -0.2) is 17.2 Å². The molecule has 0 aromatic heterocycles. The Hall–Kier alpha value is -1.25. The van der Waals surface area contributed by atoms with E-state index in [0.29, 0.717) is 13.0 Å². The molecule has 0 aliphatic carbocycles. The van der Waals surface area contributed by atoms with Gasteiger partial charge in [0.25, 0.3) is 0 Å². The van der Waals surface area contributed by atoms with E-state index in [-0.39, 0.29) is 12.6 Å². The molecule has 0 saturated carbocycles. The Morgan fingerprint density at radius 2 is 2.00 bits per heavy atom. The lowest BCUT2D eigenvalue weighted by Crippen LogP contribution is -2.34. The molecular weight excluding hydrogens is 288 g/mol. The molecule has 20 heavy (non-hydrogen) atoms. The molecule has 1 atom stereocenters. The molecule has 0 bridgehead atoms. The van der Waals surface area contributed by atoms with Crippen LogP contribution in [0.2, 0.25) is 0 Å². The minimum absolute atomic E-state index is 0.0885. The first-order chi connectivity index (χ1) is 9.25. The summed E-state index contributed by atoms with van der Waals surface area (Å²) < 4.78 is 53.0. The molecule has 1 aliphatic rings. The van der Waals surface area contributed by atoms with E-state index in [4.69, 9.17) is 5.73 Å². The van der Waals surface area contributed by atoms with E-state index >= 15 is 0 Å². The monoisotopic (exact) mass is 305 g/mol. The largest absolute Gasteiger partial charge is 0.394 e. The maximum atomic E-state index is 13.9. The van der Waals surface area contributed by atoms with E-state index in [2.05, 4.69) is 0 Å². The van der Waals surface area contributed by atoms with Gasteiger partial charge in [0.2, 0.25) is 10.0 Å². The Morgan fingerprint density at radius 1 is 1.35 bits per heavy atom. The zero-order valence-corrected chi connectivity index (χ0v) is 12.1. The summed E-state index contributed by atoms with van der Waals surface area (Å²) in [5, 5.41) is 0. The number of nitrogens with zero attached hydrogens (tertiary/aromatic N) is 2. The molecule has 0 amide bonds. The first-order valence-corrected chi connectivity index (χ1v) is 7.59. The maximum Gasteiger partial charge on any atom is 0.246 e. The standard InChI is InChI=1S/C12H17F2N3O2S/c1-16(2)8-5-6-17(7-8)20(18,19)10-4-3-9(13)12(15)11(10)14/h3-4,8H,5-7,15H2,1-2H3. The van der Waals surface area contributed by atoms with E-state index in [1.165, 1.54) is 4.31 Å². The highest BCUT2D eigenvalue weighted by Crippen LogP contribution is 2.28. The molecule has 1 heterocycles. The van der Waals surface area contributed by atoms with Crippen molar-refractivity contribution in [2.24, 2.45) is 0 Å². The Bertz CT molecular complexity index is 619. The Labute approximate surface area is 117 Å². The van der Waals surface area contributed by atoms with Gasteiger partial charge in [0.05, 0.1) is 0 Å². The quantitative estimate of drug-likeness (QED) is 0.842. The molecule has 1 saturated heterocycles. The number of rotatable bonds is 3. The van der Waals surface area contributed by atoms with Gasteiger partial charge in [0, 0.05) is 19.1 Å². The van der Waals surface area contributed by atoms with Gasteiger partial charge >= 0.3 is 0 Å². The molecule has 0 spiro atoms. The summed E-state index contributed by atoms with van der Waals surface area (Å²) in [5.41, 5.74) is 4.44. The third-order valence-corrected chi connectivity index (χ3v) is 5.45. The lowest BCUT2D eigenvalue weighted by molar-refractivity contribution is 0.302. The zero-order chi connectivity index (χ0) is 15.1. The number of halogens is 2. The minimum atomic E-state index is -3.99. The lowest BCUT2D eigenvalue weighted by Gasteiger charge is -2.20. The first kappa shape index (κ1) is 15.1. The number of nitrogens with two attached hydrogens (primary N) is 1. The molecule has 1 unspecified atom stereocenters. The number of anilines is 1. The van der Waals surface area contributed by atoms with E-state index in [1.807, 2.05) is 19.0 Å². The number of sulfonamides is 1. The summed E-state index contributed by atoms with van der Waals surface area (Å²) in [5.74, 6) is -2.19. The molecule has 1 aromatic carbocycles. The van der Waals surface area contributed by atoms with Crippen molar-refractivity contribution in [3.8, 4) is 0 Å². The van der Waals surface area contributed by atoms with Crippen molar-refractivity contribution in [2.45, 2.75) is 17.4 Å². The predicted octanol–water partition coefficient (Wildman–Crippen LogP) is 0.872. The molecular formula is C12H17F2N3O2S. The van der Waals surface area contributed by atoms with Crippen LogP contribution in [0.25, 0.3) is 0 Å². The van der Waals surface area contributed by atoms with Gasteiger partial charge in [-0.05, 0) is 32.6 Å². The van der Waals surface area contributed by atoms with Crippen LogP contribution >= 0.6 is 0 Å². The van der Waals surface area contributed by atoms with Crippen LogP contribution in [-0.4, -0.2) is 50.8 Å². The van der Waals surface area contributed by atoms with Crippen LogP contribution < -0.4 is 5.73 Å². The van der Waals surface area contributed by atoms with E-state index in [0.717, 1.165) is 12.1 Å². The highest BCUT2D eigenvalue weighted by atomic mass is 32.2. The fourth-order valence-electron chi connectivity index (χ4n) is 2.24. The van der Waals surface area contributed by atoms with Gasteiger partial charge in [0.1, 0.15) is 16.4 Å². The van der Waals surface area contributed by atoms with Crippen molar-refractivity contribution in [1.29, 1.82) is 0 Å². The second-order valence-corrected chi connectivity index (χ2v) is 6.95. The van der Waals surface area contributed by atoms with Crippen LogP contribution in [0.1, 0.15) is 6.42 Å². The Kier molecular flexibility index (Phi) is 3.99. The van der Waals surface area contributed by atoms with Gasteiger partial charge in [-0.1, -0.05) is 0 Å². The highest BCUT2D eigenvalue weighted by Gasteiger charge is 2.35. The molecule has 112 valence electrons. The highest BCUT2D eigenvalue weighted by molar-refractivity contribution is 7.89. The lowest BCUT2D eigenvalue weighted by atomic mass is 10.2.